The van der Waals surface area contributed by atoms with Crippen LogP contribution in [0.15, 0.2) is 48.5 Å². The molecule has 176 valence electrons. The Hall–Kier alpha value is -3.30. The zero-order chi connectivity index (χ0) is 24.5. The summed E-state index contributed by atoms with van der Waals surface area (Å²) in [6.45, 7) is 0. The minimum Gasteiger partial charge on any atom is -0.426 e. The summed E-state index contributed by atoms with van der Waals surface area (Å²) in [6, 6.07) is 10.7. The number of hydrogen-bond acceptors (Lipinski definition) is 8. The Morgan fingerprint density at radius 3 is 1.11 bits per heavy atom. The molecule has 0 aromatic heterocycles. The standard InChI is InChI=1S/2C12H8NO4.Fe/c2*14-12(9-3-1-2-4-9)17-11-7-5-10(6-8-11)13(15)16;/h2*1-8H;/q;;+2. The van der Waals surface area contributed by atoms with E-state index in [2.05, 4.69) is 0 Å². The minimum atomic E-state index is -0.511. The molecule has 0 spiro atoms. The average Bonchev–Trinajstić information content (AvgIpc) is 3.55. The molecule has 11 heteroatoms. The number of nitro groups is 2. The largest absolute Gasteiger partial charge is 2.00 e. The second kappa shape index (κ2) is 13.6. The minimum absolute atomic E-state index is 0. The molecule has 35 heavy (non-hydrogen) atoms. The molecule has 0 unspecified atom stereocenters. The third-order valence-electron chi connectivity index (χ3n) is 4.31. The van der Waals surface area contributed by atoms with Crippen molar-refractivity contribution in [1.82, 2.24) is 0 Å². The molecule has 2 aliphatic carbocycles. The van der Waals surface area contributed by atoms with Gasteiger partial charge in [-0.2, -0.15) is 0 Å². The maximum Gasteiger partial charge on any atom is 2.00 e. The van der Waals surface area contributed by atoms with E-state index in [1.54, 1.807) is 51.4 Å². The SMILES string of the molecule is O=C(Oc1ccc([N+](=O)[O-])cc1)[C]1[CH][CH][CH][CH]1.O=C(Oc1ccc([N+](=O)[O-])cc1)[C]1[CH][CH][CH][CH]1.[Fe+2]. The molecule has 10 radical (unpaired) electrons. The number of non-ortho nitro benzene ring substituents is 2. The number of ether oxygens (including phenoxy) is 2. The van der Waals surface area contributed by atoms with Crippen molar-refractivity contribution in [3.05, 3.63) is 132 Å². The van der Waals surface area contributed by atoms with Crippen LogP contribution in [0.1, 0.15) is 0 Å². The van der Waals surface area contributed by atoms with Crippen LogP contribution in [0.3, 0.4) is 0 Å². The van der Waals surface area contributed by atoms with Gasteiger partial charge in [0.15, 0.2) is 0 Å². The fourth-order valence-electron chi connectivity index (χ4n) is 2.62. The van der Waals surface area contributed by atoms with E-state index in [0.29, 0.717) is 11.8 Å². The van der Waals surface area contributed by atoms with Crippen LogP contribution in [-0.2, 0) is 26.7 Å². The van der Waals surface area contributed by atoms with E-state index in [1.165, 1.54) is 48.5 Å². The van der Waals surface area contributed by atoms with Crippen molar-refractivity contribution in [2.75, 3.05) is 0 Å². The molecule has 2 aromatic carbocycles. The Morgan fingerprint density at radius 2 is 0.857 bits per heavy atom. The van der Waals surface area contributed by atoms with Crippen molar-refractivity contribution < 1.29 is 46.0 Å². The molecule has 2 saturated carbocycles. The van der Waals surface area contributed by atoms with Gasteiger partial charge in [0, 0.05) is 24.3 Å². The fourth-order valence-corrected chi connectivity index (χ4v) is 2.62. The number of nitro benzene ring substituents is 2. The predicted molar refractivity (Wildman–Crippen MR) is 118 cm³/mol. The summed E-state index contributed by atoms with van der Waals surface area (Å²) >= 11 is 0. The first-order chi connectivity index (χ1) is 16.3. The topological polar surface area (TPSA) is 139 Å². The molecule has 0 amide bonds. The first kappa shape index (κ1) is 27.9. The van der Waals surface area contributed by atoms with Gasteiger partial charge in [-0.25, -0.2) is 0 Å². The molecule has 2 fully saturated rings. The maximum atomic E-state index is 11.5. The number of esters is 2. The summed E-state index contributed by atoms with van der Waals surface area (Å²) < 4.78 is 10.1. The number of rotatable bonds is 6. The summed E-state index contributed by atoms with van der Waals surface area (Å²) in [5.41, 5.74) is -0.0868. The van der Waals surface area contributed by atoms with E-state index in [0.717, 1.165) is 0 Å². The van der Waals surface area contributed by atoms with Crippen molar-refractivity contribution in [3.63, 3.8) is 0 Å². The fraction of sp³-hybridized carbons (Fsp3) is 0. The molecule has 0 N–H and O–H groups in total. The zero-order valence-corrected chi connectivity index (χ0v) is 18.9. The van der Waals surface area contributed by atoms with Gasteiger partial charge in [0.05, 0.1) is 21.7 Å². The molecule has 0 saturated heterocycles. The third kappa shape index (κ3) is 8.45. The molecule has 2 aromatic rings. The molecule has 4 rings (SSSR count). The summed E-state index contributed by atoms with van der Waals surface area (Å²) in [5, 5.41) is 20.8. The smallest absolute Gasteiger partial charge is 0.426 e. The first-order valence-electron chi connectivity index (χ1n) is 9.70. The number of benzene rings is 2. The molecule has 0 heterocycles. The Labute approximate surface area is 212 Å². The van der Waals surface area contributed by atoms with Gasteiger partial charge in [0.1, 0.15) is 11.5 Å². The van der Waals surface area contributed by atoms with Gasteiger partial charge >= 0.3 is 29.0 Å². The summed E-state index contributed by atoms with van der Waals surface area (Å²) in [6.07, 6.45) is 13.4. The number of carbonyl (C=O) groups is 2. The van der Waals surface area contributed by atoms with Crippen LogP contribution in [0, 0.1) is 83.4 Å². The Morgan fingerprint density at radius 1 is 0.571 bits per heavy atom. The second-order valence-corrected chi connectivity index (χ2v) is 6.63. The van der Waals surface area contributed by atoms with Crippen LogP contribution in [-0.4, -0.2) is 21.8 Å². The molecule has 0 atom stereocenters. The Balaban J connectivity index is 0.000000240. The molecule has 10 nitrogen and oxygen atoms in total. The van der Waals surface area contributed by atoms with E-state index < -0.39 is 21.8 Å². The summed E-state index contributed by atoms with van der Waals surface area (Å²) in [5.74, 6) is 0.489. The van der Waals surface area contributed by atoms with Crippen LogP contribution in [0.4, 0.5) is 11.4 Å². The summed E-state index contributed by atoms with van der Waals surface area (Å²) in [4.78, 5) is 42.9. The van der Waals surface area contributed by atoms with Crippen molar-refractivity contribution >= 4 is 23.3 Å². The van der Waals surface area contributed by atoms with E-state index in [-0.39, 0.29) is 39.9 Å². The monoisotopic (exact) mass is 516 g/mol. The molecule has 2 aliphatic rings. The van der Waals surface area contributed by atoms with E-state index in [9.17, 15) is 29.8 Å². The molecular formula is C24H16FeN2O8+2. The van der Waals surface area contributed by atoms with E-state index in [1.807, 2.05) is 0 Å². The van der Waals surface area contributed by atoms with Gasteiger partial charge in [0.25, 0.3) is 11.4 Å². The zero-order valence-electron chi connectivity index (χ0n) is 17.8. The van der Waals surface area contributed by atoms with Gasteiger partial charge in [-0.15, -0.1) is 0 Å². The van der Waals surface area contributed by atoms with Crippen LogP contribution < -0.4 is 9.47 Å². The van der Waals surface area contributed by atoms with Crippen molar-refractivity contribution in [3.8, 4) is 11.5 Å². The van der Waals surface area contributed by atoms with Crippen LogP contribution in [0.2, 0.25) is 0 Å². The van der Waals surface area contributed by atoms with Crippen molar-refractivity contribution in [1.29, 1.82) is 0 Å². The van der Waals surface area contributed by atoms with Gasteiger partial charge in [0.2, 0.25) is 0 Å². The number of hydrogen-bond donors (Lipinski definition) is 0. The van der Waals surface area contributed by atoms with Gasteiger partial charge in [-0.05, 0) is 75.6 Å². The normalized spacial score (nSPS) is 15.3. The van der Waals surface area contributed by atoms with Crippen LogP contribution >= 0.6 is 0 Å². The second-order valence-electron chi connectivity index (χ2n) is 6.63. The molecule has 0 bridgehead atoms. The van der Waals surface area contributed by atoms with Gasteiger partial charge < -0.3 is 9.47 Å². The first-order valence-corrected chi connectivity index (χ1v) is 9.70. The number of carbonyl (C=O) groups excluding carboxylic acids is 2. The number of nitrogens with zero attached hydrogens (tertiary/aromatic N) is 2. The van der Waals surface area contributed by atoms with Gasteiger partial charge in [-0.3, -0.25) is 29.8 Å². The molecular weight excluding hydrogens is 500 g/mol. The Kier molecular flexibility index (Phi) is 10.8. The maximum absolute atomic E-state index is 11.5. The van der Waals surface area contributed by atoms with Gasteiger partial charge in [-0.1, -0.05) is 0 Å². The van der Waals surface area contributed by atoms with E-state index in [4.69, 9.17) is 9.47 Å². The molecule has 0 aliphatic heterocycles. The van der Waals surface area contributed by atoms with E-state index >= 15 is 0 Å². The van der Waals surface area contributed by atoms with Crippen LogP contribution in [0.5, 0.6) is 11.5 Å². The Bertz CT molecular complexity index is 931. The van der Waals surface area contributed by atoms with Crippen molar-refractivity contribution in [2.45, 2.75) is 0 Å². The summed E-state index contributed by atoms with van der Waals surface area (Å²) in [7, 11) is 0. The predicted octanol–water partition coefficient (Wildman–Crippen LogP) is 3.81. The quantitative estimate of drug-likeness (QED) is 0.186. The van der Waals surface area contributed by atoms with Crippen molar-refractivity contribution in [2.24, 2.45) is 0 Å². The van der Waals surface area contributed by atoms with Crippen LogP contribution in [0.25, 0.3) is 0 Å². The third-order valence-corrected chi connectivity index (χ3v) is 4.31. The average molecular weight is 516 g/mol.